The maximum absolute atomic E-state index is 13.3. The highest BCUT2D eigenvalue weighted by molar-refractivity contribution is 5.95. The summed E-state index contributed by atoms with van der Waals surface area (Å²) in [6.45, 7) is 7.54. The number of hydrazine groups is 1. The van der Waals surface area contributed by atoms with E-state index in [4.69, 9.17) is 5.39 Å². The molecule has 4 amide bonds. The summed E-state index contributed by atoms with van der Waals surface area (Å²) >= 11 is 0. The molecule has 0 unspecified atom stereocenters. The van der Waals surface area contributed by atoms with E-state index in [0.717, 1.165) is 6.20 Å². The highest BCUT2D eigenvalue weighted by Gasteiger charge is 2.45. The van der Waals surface area contributed by atoms with Crippen molar-refractivity contribution >= 4 is 23.6 Å². The molecule has 0 spiro atoms. The predicted octanol–water partition coefficient (Wildman–Crippen LogP) is 1.44. The number of aliphatic hydroxyl groups is 1. The normalized spacial score (nSPS) is 22.8. The van der Waals surface area contributed by atoms with E-state index < -0.39 is 29.9 Å². The molecule has 2 fully saturated rings. The minimum atomic E-state index is -0.967. The first-order valence-electron chi connectivity index (χ1n) is 11.0. The fourth-order valence-corrected chi connectivity index (χ4v) is 3.89. The van der Waals surface area contributed by atoms with Gasteiger partial charge in [0.2, 0.25) is 28.9 Å². The van der Waals surface area contributed by atoms with E-state index in [1.54, 1.807) is 13.8 Å². The lowest BCUT2D eigenvalue weighted by Crippen LogP contribution is -2.64. The smallest absolute Gasteiger partial charge is 0.389 e. The fraction of sp³-hybridized carbons (Fsp3) is 0.714. The van der Waals surface area contributed by atoms with Crippen molar-refractivity contribution in [3.8, 4) is 0 Å². The van der Waals surface area contributed by atoms with Crippen LogP contribution in [0.2, 0.25) is 0 Å². The summed E-state index contributed by atoms with van der Waals surface area (Å²) in [5, 5.41) is 26.8. The molecule has 0 bridgehead atoms. The standard InChI is InChI=1S/C21H32N6O5/c1-12(2)10-15(17(28)11-23-22)25-20(31)16-6-5-9-26-18(29)8-7-14(21(32)27(16)26)24-19(30)13(3)4/h11-16H,5-10H2,1-4H3,(H2-,24,25,28,30,31)/p+1/b17-11-/t14-,15-,16-/m0/s1. The van der Waals surface area contributed by atoms with Crippen LogP contribution in [0.1, 0.15) is 59.8 Å². The van der Waals surface area contributed by atoms with Crippen LogP contribution in [0.4, 0.5) is 0 Å². The third kappa shape index (κ3) is 5.96. The van der Waals surface area contributed by atoms with Crippen molar-refractivity contribution < 1.29 is 24.3 Å². The van der Waals surface area contributed by atoms with Crippen molar-refractivity contribution in [3.05, 3.63) is 16.9 Å². The Morgan fingerprint density at radius 1 is 1.25 bits per heavy atom. The van der Waals surface area contributed by atoms with Crippen LogP contribution in [0, 0.1) is 17.2 Å². The van der Waals surface area contributed by atoms with Gasteiger partial charge in [0.15, 0.2) is 4.98 Å². The van der Waals surface area contributed by atoms with Gasteiger partial charge in [-0.05, 0) is 31.6 Å². The topological polar surface area (TPSA) is 147 Å². The molecule has 11 nitrogen and oxygen atoms in total. The molecule has 0 radical (unpaired) electrons. The molecule has 11 heteroatoms. The number of diazo groups is 1. The number of nitrogens with zero attached hydrogens (tertiary/aromatic N) is 4. The molecule has 2 heterocycles. The van der Waals surface area contributed by atoms with Crippen molar-refractivity contribution in [2.75, 3.05) is 6.54 Å². The number of carbonyl (C=O) groups is 4. The molecular formula is C21H33N6O5+. The Balaban J connectivity index is 2.29. The van der Waals surface area contributed by atoms with Gasteiger partial charge in [-0.15, -0.1) is 0 Å². The van der Waals surface area contributed by atoms with Crippen molar-refractivity contribution in [2.24, 2.45) is 11.8 Å². The molecule has 0 aromatic heterocycles. The van der Waals surface area contributed by atoms with Crippen molar-refractivity contribution in [1.82, 2.24) is 20.7 Å². The van der Waals surface area contributed by atoms with Gasteiger partial charge in [-0.25, -0.2) is 5.01 Å². The fourth-order valence-electron chi connectivity index (χ4n) is 3.89. The number of nitrogens with one attached hydrogen (secondary N) is 2. The van der Waals surface area contributed by atoms with Gasteiger partial charge in [0.1, 0.15) is 12.1 Å². The maximum atomic E-state index is 13.3. The van der Waals surface area contributed by atoms with E-state index in [9.17, 15) is 24.3 Å². The van der Waals surface area contributed by atoms with Crippen LogP contribution in [0.5, 0.6) is 0 Å². The van der Waals surface area contributed by atoms with Crippen molar-refractivity contribution in [1.29, 1.82) is 5.39 Å². The van der Waals surface area contributed by atoms with E-state index in [2.05, 4.69) is 15.6 Å². The molecule has 2 saturated heterocycles. The van der Waals surface area contributed by atoms with Crippen LogP contribution in [0.3, 0.4) is 0 Å². The number of amides is 4. The second kappa shape index (κ2) is 10.9. The van der Waals surface area contributed by atoms with Crippen LogP contribution >= 0.6 is 0 Å². The second-order valence-electron chi connectivity index (χ2n) is 8.97. The zero-order valence-electron chi connectivity index (χ0n) is 19.1. The van der Waals surface area contributed by atoms with Crippen LogP contribution in [0.15, 0.2) is 12.0 Å². The highest BCUT2D eigenvalue weighted by Crippen LogP contribution is 2.25. The molecule has 176 valence electrons. The summed E-state index contributed by atoms with van der Waals surface area (Å²) in [6.07, 6.45) is 2.32. The van der Waals surface area contributed by atoms with E-state index >= 15 is 0 Å². The maximum Gasteiger partial charge on any atom is 0.389 e. The molecule has 2 rings (SSSR count). The molecule has 0 aromatic rings. The first-order valence-corrected chi connectivity index (χ1v) is 11.0. The Bertz CT molecular complexity index is 818. The largest absolute Gasteiger partial charge is 0.504 e. The first kappa shape index (κ1) is 25.1. The lowest BCUT2D eigenvalue weighted by molar-refractivity contribution is -0.176. The predicted molar refractivity (Wildman–Crippen MR) is 115 cm³/mol. The van der Waals surface area contributed by atoms with Gasteiger partial charge >= 0.3 is 6.20 Å². The van der Waals surface area contributed by atoms with E-state index in [-0.39, 0.29) is 42.3 Å². The summed E-state index contributed by atoms with van der Waals surface area (Å²) in [5.74, 6) is -2.16. The third-order valence-electron chi connectivity index (χ3n) is 5.58. The Morgan fingerprint density at radius 2 is 1.94 bits per heavy atom. The lowest BCUT2D eigenvalue weighted by Gasteiger charge is -2.43. The van der Waals surface area contributed by atoms with Gasteiger partial charge in [-0.2, -0.15) is 0 Å². The zero-order valence-corrected chi connectivity index (χ0v) is 19.1. The van der Waals surface area contributed by atoms with Crippen LogP contribution in [-0.4, -0.2) is 63.4 Å². The number of rotatable bonds is 7. The van der Waals surface area contributed by atoms with E-state index in [0.29, 0.717) is 25.8 Å². The Kier molecular flexibility index (Phi) is 8.57. The molecule has 2 aliphatic rings. The summed E-state index contributed by atoms with van der Waals surface area (Å²) in [5.41, 5.74) is 0. The SMILES string of the molecule is CC(C)C[C@H](NC(=O)[C@@H]1CCCN2C(=O)CC[C@H](NC(=O)C(C)C)C(=O)N12)/C(O)=C/[N+]#N. The monoisotopic (exact) mass is 449 g/mol. The number of fused-ring (bicyclic) bond motifs is 1. The van der Waals surface area contributed by atoms with Gasteiger partial charge in [-0.3, -0.25) is 24.2 Å². The minimum absolute atomic E-state index is 0.0805. The number of aliphatic hydroxyl groups excluding tert-OH is 1. The third-order valence-corrected chi connectivity index (χ3v) is 5.58. The average molecular weight is 450 g/mol. The summed E-state index contributed by atoms with van der Waals surface area (Å²) in [6, 6.07) is -2.69. The molecular weight excluding hydrogens is 416 g/mol. The molecule has 32 heavy (non-hydrogen) atoms. The highest BCUT2D eigenvalue weighted by atomic mass is 16.3. The van der Waals surface area contributed by atoms with Gasteiger partial charge in [-0.1, -0.05) is 27.7 Å². The number of hydrogen-bond donors (Lipinski definition) is 3. The second-order valence-corrected chi connectivity index (χ2v) is 8.97. The van der Waals surface area contributed by atoms with Crippen molar-refractivity contribution in [3.63, 3.8) is 0 Å². The van der Waals surface area contributed by atoms with Crippen LogP contribution < -0.4 is 10.6 Å². The number of hydrogen-bond acceptors (Lipinski definition) is 6. The van der Waals surface area contributed by atoms with Gasteiger partial charge < -0.3 is 15.7 Å². The molecule has 0 aliphatic carbocycles. The van der Waals surface area contributed by atoms with Gasteiger partial charge in [0.05, 0.1) is 6.04 Å². The summed E-state index contributed by atoms with van der Waals surface area (Å²) < 4.78 is 0. The van der Waals surface area contributed by atoms with E-state index in [1.165, 1.54) is 10.0 Å². The average Bonchev–Trinajstić information content (AvgIpc) is 2.85. The van der Waals surface area contributed by atoms with Crippen LogP contribution in [-0.2, 0) is 19.2 Å². The summed E-state index contributed by atoms with van der Waals surface area (Å²) in [4.78, 5) is 54.2. The first-order chi connectivity index (χ1) is 15.1. The van der Waals surface area contributed by atoms with E-state index in [1.807, 2.05) is 13.8 Å². The van der Waals surface area contributed by atoms with Gasteiger partial charge in [0.25, 0.3) is 5.91 Å². The van der Waals surface area contributed by atoms with Crippen molar-refractivity contribution in [2.45, 2.75) is 77.9 Å². The minimum Gasteiger partial charge on any atom is -0.504 e. The molecule has 0 aromatic carbocycles. The Labute approximate surface area is 187 Å². The summed E-state index contributed by atoms with van der Waals surface area (Å²) in [7, 11) is 0. The Hall–Kier alpha value is -3.16. The molecule has 0 saturated carbocycles. The van der Waals surface area contributed by atoms with Gasteiger partial charge in [0, 0.05) is 18.9 Å². The quantitative estimate of drug-likeness (QED) is 0.396. The number of carbonyl (C=O) groups excluding carboxylic acids is 4. The lowest BCUT2D eigenvalue weighted by atomic mass is 10.0. The molecule has 2 aliphatic heterocycles. The molecule has 3 N–H and O–H groups in total. The molecule has 3 atom stereocenters. The zero-order chi connectivity index (χ0) is 24.0. The van der Waals surface area contributed by atoms with Crippen LogP contribution in [0.25, 0.3) is 4.98 Å². The Morgan fingerprint density at radius 3 is 2.53 bits per heavy atom.